The summed E-state index contributed by atoms with van der Waals surface area (Å²) in [5.41, 5.74) is 7.69. The van der Waals surface area contributed by atoms with Crippen molar-refractivity contribution in [2.24, 2.45) is 5.73 Å². The third-order valence-electron chi connectivity index (χ3n) is 1.92. The lowest BCUT2D eigenvalue weighted by Gasteiger charge is -2.08. The summed E-state index contributed by atoms with van der Waals surface area (Å²) in [5, 5.41) is 8.81. The fourth-order valence-electron chi connectivity index (χ4n) is 1.13. The molecule has 1 rings (SSSR count). The van der Waals surface area contributed by atoms with Crippen LogP contribution in [0.4, 0.5) is 0 Å². The highest BCUT2D eigenvalue weighted by atomic mass is 16.5. The minimum Gasteiger partial charge on any atom is -0.394 e. The first-order chi connectivity index (χ1) is 6.27. The van der Waals surface area contributed by atoms with E-state index in [0.717, 1.165) is 11.1 Å². The van der Waals surface area contributed by atoms with Crippen molar-refractivity contribution < 1.29 is 9.84 Å². The van der Waals surface area contributed by atoms with Crippen LogP contribution in [0.25, 0.3) is 0 Å². The zero-order valence-corrected chi connectivity index (χ0v) is 7.73. The smallest absolute Gasteiger partial charge is 0.0713 e. The summed E-state index contributed by atoms with van der Waals surface area (Å²) in [7, 11) is 1.66. The molecule has 3 N–H and O–H groups in total. The average Bonchev–Trinajstić information content (AvgIpc) is 2.18. The molecule has 0 saturated carbocycles. The van der Waals surface area contributed by atoms with E-state index < -0.39 is 0 Å². The number of benzene rings is 1. The first kappa shape index (κ1) is 10.2. The van der Waals surface area contributed by atoms with Gasteiger partial charge in [-0.1, -0.05) is 24.3 Å². The van der Waals surface area contributed by atoms with Crippen LogP contribution in [-0.2, 0) is 11.3 Å². The van der Waals surface area contributed by atoms with Gasteiger partial charge in [0.25, 0.3) is 0 Å². The lowest BCUT2D eigenvalue weighted by atomic mass is 10.1. The monoisotopic (exact) mass is 181 g/mol. The van der Waals surface area contributed by atoms with Crippen molar-refractivity contribution in [1.82, 2.24) is 0 Å². The van der Waals surface area contributed by atoms with Crippen molar-refractivity contribution in [1.29, 1.82) is 0 Å². The molecule has 0 aliphatic rings. The van der Waals surface area contributed by atoms with Crippen molar-refractivity contribution in [2.75, 3.05) is 13.7 Å². The van der Waals surface area contributed by atoms with Gasteiger partial charge < -0.3 is 15.6 Å². The summed E-state index contributed by atoms with van der Waals surface area (Å²) < 4.78 is 4.97. The molecular weight excluding hydrogens is 166 g/mol. The van der Waals surface area contributed by atoms with Crippen LogP contribution < -0.4 is 5.73 Å². The Morgan fingerprint density at radius 1 is 1.38 bits per heavy atom. The number of methoxy groups -OCH3 is 1. The van der Waals surface area contributed by atoms with Crippen LogP contribution in [0.15, 0.2) is 24.3 Å². The summed E-state index contributed by atoms with van der Waals surface area (Å²) in [6, 6.07) is 7.45. The molecule has 0 radical (unpaired) electrons. The van der Waals surface area contributed by atoms with E-state index in [4.69, 9.17) is 15.6 Å². The van der Waals surface area contributed by atoms with Gasteiger partial charge in [-0.15, -0.1) is 0 Å². The second-order valence-electron chi connectivity index (χ2n) is 2.96. The second kappa shape index (κ2) is 4.97. The average molecular weight is 181 g/mol. The third kappa shape index (κ3) is 2.81. The van der Waals surface area contributed by atoms with Gasteiger partial charge in [0.1, 0.15) is 0 Å². The molecule has 0 amide bonds. The SMILES string of the molecule is COCc1ccc(C(N)CO)cc1. The van der Waals surface area contributed by atoms with Crippen LogP contribution in [0, 0.1) is 0 Å². The van der Waals surface area contributed by atoms with Gasteiger partial charge in [0, 0.05) is 7.11 Å². The highest BCUT2D eigenvalue weighted by Gasteiger charge is 2.02. The fourth-order valence-corrected chi connectivity index (χ4v) is 1.13. The van der Waals surface area contributed by atoms with Gasteiger partial charge in [-0.25, -0.2) is 0 Å². The van der Waals surface area contributed by atoms with Gasteiger partial charge in [-0.05, 0) is 11.1 Å². The topological polar surface area (TPSA) is 55.5 Å². The van der Waals surface area contributed by atoms with Crippen LogP contribution in [-0.4, -0.2) is 18.8 Å². The van der Waals surface area contributed by atoms with Crippen molar-refractivity contribution in [2.45, 2.75) is 12.6 Å². The molecule has 3 nitrogen and oxygen atoms in total. The minimum atomic E-state index is -0.281. The van der Waals surface area contributed by atoms with Crippen molar-refractivity contribution in [3.05, 3.63) is 35.4 Å². The van der Waals surface area contributed by atoms with E-state index in [2.05, 4.69) is 0 Å². The molecule has 0 heterocycles. The molecule has 0 saturated heterocycles. The number of nitrogens with two attached hydrogens (primary N) is 1. The predicted octanol–water partition coefficient (Wildman–Crippen LogP) is 0.825. The molecule has 1 aromatic carbocycles. The van der Waals surface area contributed by atoms with E-state index in [1.165, 1.54) is 0 Å². The summed E-state index contributed by atoms with van der Waals surface area (Å²) in [5.74, 6) is 0. The first-order valence-corrected chi connectivity index (χ1v) is 4.22. The highest BCUT2D eigenvalue weighted by Crippen LogP contribution is 2.11. The molecule has 0 fully saturated rings. The molecule has 3 heteroatoms. The van der Waals surface area contributed by atoms with E-state index >= 15 is 0 Å². The number of ether oxygens (including phenoxy) is 1. The Morgan fingerprint density at radius 2 is 2.00 bits per heavy atom. The molecule has 1 aromatic rings. The second-order valence-corrected chi connectivity index (χ2v) is 2.96. The predicted molar refractivity (Wildman–Crippen MR) is 51.2 cm³/mol. The Morgan fingerprint density at radius 3 is 2.46 bits per heavy atom. The highest BCUT2D eigenvalue weighted by molar-refractivity contribution is 5.24. The lowest BCUT2D eigenvalue weighted by Crippen LogP contribution is -2.14. The lowest BCUT2D eigenvalue weighted by molar-refractivity contribution is 0.185. The Hall–Kier alpha value is -0.900. The van der Waals surface area contributed by atoms with Crippen LogP contribution >= 0.6 is 0 Å². The van der Waals surface area contributed by atoms with Gasteiger partial charge in [-0.3, -0.25) is 0 Å². The quantitative estimate of drug-likeness (QED) is 0.723. The van der Waals surface area contributed by atoms with Gasteiger partial charge in [0.05, 0.1) is 19.3 Å². The van der Waals surface area contributed by atoms with Gasteiger partial charge in [-0.2, -0.15) is 0 Å². The fraction of sp³-hybridized carbons (Fsp3) is 0.400. The molecule has 13 heavy (non-hydrogen) atoms. The maximum atomic E-state index is 8.81. The largest absolute Gasteiger partial charge is 0.394 e. The van der Waals surface area contributed by atoms with Crippen LogP contribution in [0.3, 0.4) is 0 Å². The number of aliphatic hydroxyl groups excluding tert-OH is 1. The minimum absolute atomic E-state index is 0.0242. The molecular formula is C10H15NO2. The number of hydrogen-bond acceptors (Lipinski definition) is 3. The standard InChI is InChI=1S/C10H15NO2/c1-13-7-8-2-4-9(5-3-8)10(11)6-12/h2-5,10,12H,6-7,11H2,1H3. The molecule has 0 spiro atoms. The van der Waals surface area contributed by atoms with E-state index in [1.54, 1.807) is 7.11 Å². The van der Waals surface area contributed by atoms with E-state index in [9.17, 15) is 0 Å². The Kier molecular flexibility index (Phi) is 3.89. The molecule has 0 aliphatic heterocycles. The Bertz CT molecular complexity index is 246. The van der Waals surface area contributed by atoms with E-state index in [1.807, 2.05) is 24.3 Å². The van der Waals surface area contributed by atoms with E-state index in [0.29, 0.717) is 6.61 Å². The molecule has 1 unspecified atom stereocenters. The van der Waals surface area contributed by atoms with Gasteiger partial charge in [0.2, 0.25) is 0 Å². The summed E-state index contributed by atoms with van der Waals surface area (Å²) in [6.45, 7) is 0.582. The zero-order chi connectivity index (χ0) is 9.68. The number of aliphatic hydroxyl groups is 1. The molecule has 1 atom stereocenters. The van der Waals surface area contributed by atoms with Crippen molar-refractivity contribution >= 4 is 0 Å². The normalized spacial score (nSPS) is 12.8. The summed E-state index contributed by atoms with van der Waals surface area (Å²) >= 11 is 0. The zero-order valence-electron chi connectivity index (χ0n) is 7.73. The summed E-state index contributed by atoms with van der Waals surface area (Å²) in [6.07, 6.45) is 0. The number of rotatable bonds is 4. The molecule has 0 bridgehead atoms. The summed E-state index contributed by atoms with van der Waals surface area (Å²) in [4.78, 5) is 0. The van der Waals surface area contributed by atoms with Crippen molar-refractivity contribution in [3.8, 4) is 0 Å². The van der Waals surface area contributed by atoms with Crippen LogP contribution in [0.1, 0.15) is 17.2 Å². The third-order valence-corrected chi connectivity index (χ3v) is 1.92. The maximum Gasteiger partial charge on any atom is 0.0713 e. The molecule has 0 aromatic heterocycles. The Labute approximate surface area is 78.1 Å². The number of hydrogen-bond donors (Lipinski definition) is 2. The van der Waals surface area contributed by atoms with E-state index in [-0.39, 0.29) is 12.6 Å². The van der Waals surface area contributed by atoms with Crippen LogP contribution in [0.2, 0.25) is 0 Å². The van der Waals surface area contributed by atoms with Gasteiger partial charge in [0.15, 0.2) is 0 Å². The van der Waals surface area contributed by atoms with Crippen LogP contribution in [0.5, 0.6) is 0 Å². The van der Waals surface area contributed by atoms with Crippen molar-refractivity contribution in [3.63, 3.8) is 0 Å². The molecule has 0 aliphatic carbocycles. The maximum absolute atomic E-state index is 8.81. The van der Waals surface area contributed by atoms with Gasteiger partial charge >= 0.3 is 0 Å². The first-order valence-electron chi connectivity index (χ1n) is 4.22. The molecule has 72 valence electrons. The Balaban J connectivity index is 2.69.